The molecular weight excluding hydrogens is 340 g/mol. The van der Waals surface area contributed by atoms with Crippen LogP contribution in [0.15, 0.2) is 16.6 Å². The Morgan fingerprint density at radius 2 is 1.93 bits per heavy atom. The van der Waals surface area contributed by atoms with Gasteiger partial charge in [0.1, 0.15) is 0 Å². The fourth-order valence-electron chi connectivity index (χ4n) is 7.95. The Balaban J connectivity index is 1.79. The molecule has 2 nitrogen and oxygen atoms in total. The topological polar surface area (TPSA) is 24.4 Å². The van der Waals surface area contributed by atoms with E-state index < -0.39 is 0 Å². The van der Waals surface area contributed by atoms with Crippen molar-refractivity contribution in [2.45, 2.75) is 92.9 Å². The summed E-state index contributed by atoms with van der Waals surface area (Å²) in [6, 6.07) is 0. The average molecular weight is 387 g/mol. The number of nitrogens with zero attached hydrogens (tertiary/aromatic N) is 1. The first-order valence-electron chi connectivity index (χ1n) is 12.3. The van der Waals surface area contributed by atoms with Crippen molar-refractivity contribution in [3.8, 4) is 0 Å². The SMILES string of the molecule is C/C=C1/CCC2C(CCC3(C)C(C(C)=NCCNCC)CCC23)C1(C)CCC. The van der Waals surface area contributed by atoms with Crippen LogP contribution in [0.1, 0.15) is 92.9 Å². The summed E-state index contributed by atoms with van der Waals surface area (Å²) in [6.07, 6.45) is 13.6. The van der Waals surface area contributed by atoms with Crippen molar-refractivity contribution in [2.24, 2.45) is 39.5 Å². The van der Waals surface area contributed by atoms with Crippen LogP contribution in [-0.2, 0) is 0 Å². The second-order valence-corrected chi connectivity index (χ2v) is 10.4. The normalized spacial score (nSPS) is 42.5. The zero-order chi connectivity index (χ0) is 20.4. The van der Waals surface area contributed by atoms with Crippen molar-refractivity contribution in [1.82, 2.24) is 5.32 Å². The number of hydrogen-bond donors (Lipinski definition) is 1. The molecule has 1 N–H and O–H groups in total. The van der Waals surface area contributed by atoms with Gasteiger partial charge in [0.25, 0.3) is 0 Å². The summed E-state index contributed by atoms with van der Waals surface area (Å²) in [6.45, 7) is 17.4. The van der Waals surface area contributed by atoms with Gasteiger partial charge >= 0.3 is 0 Å². The number of likely N-dealkylation sites (N-methyl/N-ethyl adjacent to an activating group) is 1. The fourth-order valence-corrected chi connectivity index (χ4v) is 7.95. The molecule has 6 atom stereocenters. The van der Waals surface area contributed by atoms with Gasteiger partial charge in [-0.05, 0) is 93.9 Å². The van der Waals surface area contributed by atoms with E-state index in [9.17, 15) is 0 Å². The summed E-state index contributed by atoms with van der Waals surface area (Å²) in [5.74, 6) is 3.50. The van der Waals surface area contributed by atoms with E-state index in [1.54, 1.807) is 5.57 Å². The van der Waals surface area contributed by atoms with Gasteiger partial charge in [-0.3, -0.25) is 4.99 Å². The van der Waals surface area contributed by atoms with E-state index in [4.69, 9.17) is 4.99 Å². The predicted molar refractivity (Wildman–Crippen MR) is 123 cm³/mol. The Morgan fingerprint density at radius 1 is 1.14 bits per heavy atom. The number of nitrogens with one attached hydrogen (secondary N) is 1. The van der Waals surface area contributed by atoms with E-state index in [2.05, 4.69) is 52.9 Å². The molecule has 0 aromatic heterocycles. The Bertz CT molecular complexity index is 591. The zero-order valence-corrected chi connectivity index (χ0v) is 19.6. The minimum Gasteiger partial charge on any atom is -0.315 e. The van der Waals surface area contributed by atoms with Crippen LogP contribution in [-0.4, -0.2) is 25.3 Å². The van der Waals surface area contributed by atoms with Gasteiger partial charge in [-0.25, -0.2) is 0 Å². The summed E-state index contributed by atoms with van der Waals surface area (Å²) in [5.41, 5.74) is 4.17. The van der Waals surface area contributed by atoms with E-state index in [0.717, 1.165) is 43.3 Å². The van der Waals surface area contributed by atoms with Crippen LogP contribution in [0.3, 0.4) is 0 Å². The lowest BCUT2D eigenvalue weighted by Crippen LogP contribution is -2.50. The third kappa shape index (κ3) is 3.75. The first-order chi connectivity index (χ1) is 13.4. The van der Waals surface area contributed by atoms with Crippen molar-refractivity contribution < 1.29 is 0 Å². The van der Waals surface area contributed by atoms with Gasteiger partial charge in [-0.2, -0.15) is 0 Å². The van der Waals surface area contributed by atoms with Crippen molar-refractivity contribution in [3.05, 3.63) is 11.6 Å². The molecule has 0 bridgehead atoms. The molecule has 0 amide bonds. The first kappa shape index (κ1) is 22.1. The Morgan fingerprint density at radius 3 is 2.61 bits per heavy atom. The molecule has 0 heterocycles. The highest BCUT2D eigenvalue weighted by Crippen LogP contribution is 2.66. The molecule has 0 aromatic rings. The monoisotopic (exact) mass is 386 g/mol. The smallest absolute Gasteiger partial charge is 0.0513 e. The number of rotatable bonds is 7. The Labute approximate surface area is 175 Å². The van der Waals surface area contributed by atoms with Crippen molar-refractivity contribution >= 4 is 5.71 Å². The predicted octanol–water partition coefficient (Wildman–Crippen LogP) is 6.66. The molecule has 2 heteroatoms. The maximum absolute atomic E-state index is 5.01. The molecule has 160 valence electrons. The maximum Gasteiger partial charge on any atom is 0.0513 e. The summed E-state index contributed by atoms with van der Waals surface area (Å²) < 4.78 is 0. The fraction of sp³-hybridized carbons (Fsp3) is 0.885. The maximum atomic E-state index is 5.01. The lowest BCUT2D eigenvalue weighted by atomic mass is 9.47. The molecule has 0 aliphatic heterocycles. The van der Waals surface area contributed by atoms with Crippen LogP contribution >= 0.6 is 0 Å². The van der Waals surface area contributed by atoms with Crippen molar-refractivity contribution in [1.29, 1.82) is 0 Å². The molecule has 0 saturated heterocycles. The van der Waals surface area contributed by atoms with Gasteiger partial charge in [0, 0.05) is 18.2 Å². The van der Waals surface area contributed by atoms with Crippen LogP contribution in [0.5, 0.6) is 0 Å². The van der Waals surface area contributed by atoms with Gasteiger partial charge < -0.3 is 5.32 Å². The summed E-state index contributed by atoms with van der Waals surface area (Å²) in [4.78, 5) is 5.01. The van der Waals surface area contributed by atoms with Gasteiger partial charge in [0.05, 0.1) is 6.54 Å². The third-order valence-electron chi connectivity index (χ3n) is 9.26. The van der Waals surface area contributed by atoms with Gasteiger partial charge in [-0.1, -0.05) is 45.8 Å². The van der Waals surface area contributed by atoms with Crippen LogP contribution in [0.25, 0.3) is 0 Å². The second kappa shape index (κ2) is 9.02. The molecule has 0 spiro atoms. The van der Waals surface area contributed by atoms with Crippen LogP contribution in [0.2, 0.25) is 0 Å². The quantitative estimate of drug-likeness (QED) is 0.295. The third-order valence-corrected chi connectivity index (χ3v) is 9.26. The minimum atomic E-state index is 0.459. The zero-order valence-electron chi connectivity index (χ0n) is 19.6. The minimum absolute atomic E-state index is 0.459. The number of fused-ring (bicyclic) bond motifs is 3. The Kier molecular flexibility index (Phi) is 7.11. The highest BCUT2D eigenvalue weighted by atomic mass is 14.9. The number of aliphatic imine (C=N–C) groups is 1. The molecule has 3 fully saturated rings. The standard InChI is InChI=1S/C26H46N2/c1-7-15-25(5)20(8-2)10-11-21-23-13-12-22(19(4)28-18-17-27-9-3)26(23,6)16-14-24(21)25/h8,21-24,27H,7,9-18H2,1-6H3/b20-8-,28-19?. The molecule has 3 rings (SSSR count). The molecular formula is C26H46N2. The van der Waals surface area contributed by atoms with E-state index in [-0.39, 0.29) is 0 Å². The highest BCUT2D eigenvalue weighted by molar-refractivity contribution is 5.85. The molecule has 0 aromatic carbocycles. The largest absolute Gasteiger partial charge is 0.315 e. The van der Waals surface area contributed by atoms with Gasteiger partial charge in [0.2, 0.25) is 0 Å². The lowest BCUT2D eigenvalue weighted by molar-refractivity contribution is -0.0409. The highest BCUT2D eigenvalue weighted by Gasteiger charge is 2.58. The molecule has 6 unspecified atom stereocenters. The summed E-state index contributed by atoms with van der Waals surface area (Å²) in [7, 11) is 0. The van der Waals surface area contributed by atoms with Crippen LogP contribution in [0.4, 0.5) is 0 Å². The molecule has 0 radical (unpaired) electrons. The van der Waals surface area contributed by atoms with Crippen molar-refractivity contribution in [3.63, 3.8) is 0 Å². The van der Waals surface area contributed by atoms with Gasteiger partial charge in [0.15, 0.2) is 0 Å². The summed E-state index contributed by atoms with van der Waals surface area (Å²) in [5, 5.41) is 3.42. The van der Waals surface area contributed by atoms with E-state index in [0.29, 0.717) is 10.8 Å². The lowest BCUT2D eigenvalue weighted by Gasteiger charge is -2.57. The van der Waals surface area contributed by atoms with E-state index in [1.807, 2.05) is 0 Å². The second-order valence-electron chi connectivity index (χ2n) is 10.4. The number of allylic oxidation sites excluding steroid dienone is 2. The molecule has 3 saturated carbocycles. The van der Waals surface area contributed by atoms with E-state index in [1.165, 1.54) is 57.1 Å². The average Bonchev–Trinajstić information content (AvgIpc) is 3.03. The first-order valence-corrected chi connectivity index (χ1v) is 12.3. The number of hydrogen-bond acceptors (Lipinski definition) is 2. The van der Waals surface area contributed by atoms with E-state index >= 15 is 0 Å². The molecule has 3 aliphatic carbocycles. The van der Waals surface area contributed by atoms with Crippen LogP contribution < -0.4 is 5.32 Å². The molecule has 28 heavy (non-hydrogen) atoms. The van der Waals surface area contributed by atoms with Crippen LogP contribution in [0, 0.1) is 34.5 Å². The summed E-state index contributed by atoms with van der Waals surface area (Å²) >= 11 is 0. The Hall–Kier alpha value is -0.630. The van der Waals surface area contributed by atoms with Crippen molar-refractivity contribution in [2.75, 3.05) is 19.6 Å². The molecule has 3 aliphatic rings. The van der Waals surface area contributed by atoms with Gasteiger partial charge in [-0.15, -0.1) is 0 Å².